The van der Waals surface area contributed by atoms with Crippen LogP contribution in [-0.2, 0) is 40.5 Å². The second-order valence-corrected chi connectivity index (χ2v) is 10.1. The van der Waals surface area contributed by atoms with E-state index in [0.717, 1.165) is 13.2 Å². The van der Waals surface area contributed by atoms with Gasteiger partial charge in [0.15, 0.2) is 17.7 Å². The Labute approximate surface area is 264 Å². The smallest absolute Gasteiger partial charge is 0.358 e. The number of hydrogen-bond donors (Lipinski definition) is 0. The van der Waals surface area contributed by atoms with Crippen molar-refractivity contribution in [2.45, 2.75) is 32.5 Å². The van der Waals surface area contributed by atoms with E-state index in [2.05, 4.69) is 0 Å². The molecule has 0 aliphatic carbocycles. The maximum Gasteiger partial charge on any atom is 0.358 e. The van der Waals surface area contributed by atoms with Crippen LogP contribution < -0.4 is 14.9 Å². The highest BCUT2D eigenvalue weighted by atomic mass is 19.1. The van der Waals surface area contributed by atoms with E-state index in [1.54, 1.807) is 48.5 Å². The number of methoxy groups -OCH3 is 4. The molecule has 0 N–H and O–H groups in total. The third-order valence-electron chi connectivity index (χ3n) is 7.14. The molecule has 0 saturated heterocycles. The summed E-state index contributed by atoms with van der Waals surface area (Å²) in [4.78, 5) is 42.7. The first-order valence-electron chi connectivity index (χ1n) is 14.1. The van der Waals surface area contributed by atoms with E-state index in [-0.39, 0.29) is 43.1 Å². The molecule has 4 aromatic rings. The molecule has 3 aromatic carbocycles. The van der Waals surface area contributed by atoms with Gasteiger partial charge in [0.2, 0.25) is 5.43 Å². The molecule has 1 heterocycles. The lowest BCUT2D eigenvalue weighted by atomic mass is 10.1. The van der Waals surface area contributed by atoms with Gasteiger partial charge in [-0.05, 0) is 29.3 Å². The number of carbonyl (C=O) groups excluding carboxylic acids is 2. The number of carbonyl (C=O) groups is 2. The molecule has 12 heteroatoms. The lowest BCUT2D eigenvalue weighted by molar-refractivity contribution is -0.111. The molecule has 4 rings (SSSR count). The number of pyridine rings is 1. The first kappa shape index (κ1) is 33.8. The summed E-state index contributed by atoms with van der Waals surface area (Å²) in [6.45, 7) is -0.609. The van der Waals surface area contributed by atoms with Crippen molar-refractivity contribution in [1.29, 1.82) is 0 Å². The molecule has 0 spiro atoms. The molecule has 1 aromatic heterocycles. The van der Waals surface area contributed by atoms with Crippen LogP contribution in [0.3, 0.4) is 0 Å². The monoisotopic (exact) mass is 636 g/mol. The molecule has 1 amide bonds. The Bertz CT molecular complexity index is 1710. The van der Waals surface area contributed by atoms with Gasteiger partial charge in [0, 0.05) is 45.1 Å². The van der Waals surface area contributed by atoms with E-state index < -0.39 is 41.0 Å². The number of aromatic nitrogens is 1. The van der Waals surface area contributed by atoms with E-state index in [0.29, 0.717) is 22.9 Å². The van der Waals surface area contributed by atoms with Crippen LogP contribution >= 0.6 is 0 Å². The lowest BCUT2D eigenvalue weighted by Gasteiger charge is -2.25. The van der Waals surface area contributed by atoms with Crippen LogP contribution in [-0.4, -0.2) is 56.1 Å². The Balaban J connectivity index is 1.86. The van der Waals surface area contributed by atoms with E-state index in [1.807, 2.05) is 6.07 Å². The predicted molar refractivity (Wildman–Crippen MR) is 164 cm³/mol. The zero-order valence-electron chi connectivity index (χ0n) is 25.8. The van der Waals surface area contributed by atoms with Gasteiger partial charge in [-0.1, -0.05) is 48.5 Å². The number of amides is 1. The number of nitrogens with zero attached hydrogens (tertiary/aromatic N) is 2. The molecule has 0 unspecified atom stereocenters. The van der Waals surface area contributed by atoms with Gasteiger partial charge in [-0.2, -0.15) is 0 Å². The molecule has 0 bridgehead atoms. The third kappa shape index (κ3) is 8.14. The molecule has 0 fully saturated rings. The molecule has 0 radical (unpaired) electrons. The van der Waals surface area contributed by atoms with E-state index >= 15 is 0 Å². The summed E-state index contributed by atoms with van der Waals surface area (Å²) in [6.07, 6.45) is 0.305. The number of benzene rings is 3. The van der Waals surface area contributed by atoms with Crippen molar-refractivity contribution < 1.29 is 42.1 Å². The summed E-state index contributed by atoms with van der Waals surface area (Å²) >= 11 is 0. The highest BCUT2D eigenvalue weighted by Gasteiger charge is 2.30. The number of ether oxygens (including phenoxy) is 5. The molecule has 0 aliphatic rings. The summed E-state index contributed by atoms with van der Waals surface area (Å²) in [6, 6.07) is 18.8. The molecule has 0 aliphatic heterocycles. The number of hydrogen-bond acceptors (Lipinski definition) is 8. The minimum absolute atomic E-state index is 0.0224. The number of rotatable bonds is 14. The van der Waals surface area contributed by atoms with Gasteiger partial charge in [0.25, 0.3) is 5.91 Å². The van der Waals surface area contributed by atoms with Gasteiger partial charge in [-0.25, -0.2) is 13.6 Å². The second-order valence-electron chi connectivity index (χ2n) is 10.1. The predicted octanol–water partition coefficient (Wildman–Crippen LogP) is 4.96. The van der Waals surface area contributed by atoms with Gasteiger partial charge >= 0.3 is 5.97 Å². The van der Waals surface area contributed by atoms with Crippen molar-refractivity contribution >= 4 is 11.9 Å². The molecule has 0 atom stereocenters. The first-order valence-corrected chi connectivity index (χ1v) is 14.1. The maximum atomic E-state index is 14.8. The van der Waals surface area contributed by atoms with Crippen LogP contribution in [0.25, 0.3) is 0 Å². The van der Waals surface area contributed by atoms with Gasteiger partial charge < -0.3 is 33.2 Å². The fourth-order valence-electron chi connectivity index (χ4n) is 4.69. The number of halogens is 2. The van der Waals surface area contributed by atoms with Gasteiger partial charge in [0.05, 0.1) is 20.8 Å². The SMILES string of the molecule is COC(=O)c1c(OCc2ccccc2)c(=O)c(C(=O)N(Cc2ccc(OC)cc2)Cc2ccc(F)cc2F)cn1CC(OC)OC. The topological polar surface area (TPSA) is 106 Å². The number of esters is 1. The Hall–Kier alpha value is -5.07. The van der Waals surface area contributed by atoms with Crippen molar-refractivity contribution in [1.82, 2.24) is 9.47 Å². The van der Waals surface area contributed by atoms with E-state index in [1.165, 1.54) is 43.1 Å². The van der Waals surface area contributed by atoms with Crippen LogP contribution in [0.4, 0.5) is 8.78 Å². The molecule has 10 nitrogen and oxygen atoms in total. The quantitative estimate of drug-likeness (QED) is 0.141. The highest BCUT2D eigenvalue weighted by molar-refractivity contribution is 5.97. The van der Waals surface area contributed by atoms with Crippen molar-refractivity contribution in [2.24, 2.45) is 0 Å². The van der Waals surface area contributed by atoms with Crippen molar-refractivity contribution in [2.75, 3.05) is 28.4 Å². The molecule has 242 valence electrons. The Morgan fingerprint density at radius 3 is 2.17 bits per heavy atom. The zero-order valence-corrected chi connectivity index (χ0v) is 25.8. The van der Waals surface area contributed by atoms with Crippen LogP contribution in [0, 0.1) is 11.6 Å². The van der Waals surface area contributed by atoms with Crippen molar-refractivity contribution in [3.05, 3.63) is 129 Å². The Kier molecular flexibility index (Phi) is 11.6. The summed E-state index contributed by atoms with van der Waals surface area (Å²) in [5.41, 5.74) is -0.163. The van der Waals surface area contributed by atoms with Crippen LogP contribution in [0.5, 0.6) is 11.5 Å². The lowest BCUT2D eigenvalue weighted by Crippen LogP contribution is -2.36. The van der Waals surface area contributed by atoms with Crippen molar-refractivity contribution in [3.8, 4) is 11.5 Å². The average molecular weight is 637 g/mol. The molecule has 46 heavy (non-hydrogen) atoms. The van der Waals surface area contributed by atoms with Crippen molar-refractivity contribution in [3.63, 3.8) is 0 Å². The minimum Gasteiger partial charge on any atom is -0.497 e. The van der Waals surface area contributed by atoms with E-state index in [9.17, 15) is 23.2 Å². The van der Waals surface area contributed by atoms with Gasteiger partial charge in [-0.15, -0.1) is 0 Å². The van der Waals surface area contributed by atoms with Crippen LogP contribution in [0.15, 0.2) is 83.8 Å². The Morgan fingerprint density at radius 1 is 0.870 bits per heavy atom. The van der Waals surface area contributed by atoms with Crippen LogP contribution in [0.1, 0.15) is 37.5 Å². The highest BCUT2D eigenvalue weighted by Crippen LogP contribution is 2.23. The summed E-state index contributed by atoms with van der Waals surface area (Å²) in [7, 11) is 5.44. The normalized spacial score (nSPS) is 10.9. The van der Waals surface area contributed by atoms with Gasteiger partial charge in [0.1, 0.15) is 29.6 Å². The maximum absolute atomic E-state index is 14.8. The zero-order chi connectivity index (χ0) is 33.2. The minimum atomic E-state index is -0.895. The first-order chi connectivity index (χ1) is 22.2. The summed E-state index contributed by atoms with van der Waals surface area (Å²) in [5.74, 6) is -3.18. The summed E-state index contributed by atoms with van der Waals surface area (Å²) in [5, 5.41) is 0. The van der Waals surface area contributed by atoms with Crippen LogP contribution in [0.2, 0.25) is 0 Å². The third-order valence-corrected chi connectivity index (χ3v) is 7.14. The largest absolute Gasteiger partial charge is 0.497 e. The van der Waals surface area contributed by atoms with E-state index in [4.69, 9.17) is 23.7 Å². The molecular formula is C34H34F2N2O8. The fourth-order valence-corrected chi connectivity index (χ4v) is 4.69. The Morgan fingerprint density at radius 2 is 1.57 bits per heavy atom. The fraction of sp³-hybridized carbons (Fsp3) is 0.265. The van der Waals surface area contributed by atoms with Gasteiger partial charge in [-0.3, -0.25) is 9.59 Å². The molecular weight excluding hydrogens is 602 g/mol. The average Bonchev–Trinajstić information content (AvgIpc) is 3.07. The second kappa shape index (κ2) is 15.8. The molecule has 0 saturated carbocycles. The standard InChI is InChI=1S/C34H34F2N2O8/c1-42-26-14-10-22(11-15-26)17-38(18-24-12-13-25(35)16-28(24)36)33(40)27-19-37(20-29(43-2)44-3)30(34(41)45-4)32(31(27)39)46-21-23-8-6-5-7-9-23/h5-16,19,29H,17-18,20-21H2,1-4H3. The summed E-state index contributed by atoms with van der Waals surface area (Å²) < 4.78 is 56.6.